The van der Waals surface area contributed by atoms with Crippen molar-refractivity contribution in [3.8, 4) is 23.0 Å². The molecule has 1 aromatic carbocycles. The number of aromatic nitrogens is 2. The summed E-state index contributed by atoms with van der Waals surface area (Å²) in [7, 11) is 0. The number of nitrogens with zero attached hydrogens (tertiary/aromatic N) is 2. The van der Waals surface area contributed by atoms with Crippen molar-refractivity contribution in [2.24, 2.45) is 0 Å². The molecular formula is C17H15N3O4. The van der Waals surface area contributed by atoms with Crippen LogP contribution in [-0.4, -0.2) is 27.9 Å². The van der Waals surface area contributed by atoms with E-state index in [1.54, 1.807) is 30.6 Å². The zero-order valence-corrected chi connectivity index (χ0v) is 12.7. The van der Waals surface area contributed by atoms with Crippen molar-refractivity contribution in [1.82, 2.24) is 15.5 Å². The van der Waals surface area contributed by atoms with Crippen LogP contribution in [-0.2, 0) is 6.42 Å². The molecule has 122 valence electrons. The van der Waals surface area contributed by atoms with E-state index in [0.717, 1.165) is 5.56 Å². The molecule has 7 heteroatoms. The number of carbonyl (C=O) groups is 1. The van der Waals surface area contributed by atoms with Gasteiger partial charge in [0.2, 0.25) is 0 Å². The van der Waals surface area contributed by atoms with E-state index in [1.807, 2.05) is 12.1 Å². The van der Waals surface area contributed by atoms with Gasteiger partial charge in [0.1, 0.15) is 5.75 Å². The number of phenols is 1. The van der Waals surface area contributed by atoms with Crippen LogP contribution >= 0.6 is 0 Å². The van der Waals surface area contributed by atoms with Crippen LogP contribution in [0.3, 0.4) is 0 Å². The van der Waals surface area contributed by atoms with E-state index in [9.17, 15) is 9.90 Å². The van der Waals surface area contributed by atoms with Crippen molar-refractivity contribution < 1.29 is 19.2 Å². The van der Waals surface area contributed by atoms with Crippen molar-refractivity contribution in [2.75, 3.05) is 6.54 Å². The fourth-order valence-corrected chi connectivity index (χ4v) is 2.09. The van der Waals surface area contributed by atoms with Gasteiger partial charge >= 0.3 is 6.09 Å². The zero-order valence-electron chi connectivity index (χ0n) is 12.7. The lowest BCUT2D eigenvalue weighted by atomic mass is 10.2. The zero-order chi connectivity index (χ0) is 16.8. The number of ether oxygens (including phenoxy) is 1. The average molecular weight is 325 g/mol. The van der Waals surface area contributed by atoms with Gasteiger partial charge < -0.3 is 19.7 Å². The minimum Gasteiger partial charge on any atom is -0.508 e. The molecule has 7 nitrogen and oxygen atoms in total. The van der Waals surface area contributed by atoms with Gasteiger partial charge in [0.05, 0.1) is 6.07 Å². The third-order valence-corrected chi connectivity index (χ3v) is 3.25. The standard InChI is InChI=1S/C17H15N3O4/c21-14-3-1-2-13(10-14)15-11-16(20-24-15)23-17(22)19-9-6-12-4-7-18-8-5-12/h1-5,7-8,10-11,21H,6,9H2,(H,19,22). The van der Waals surface area contributed by atoms with Gasteiger partial charge in [-0.05, 0) is 41.4 Å². The maximum Gasteiger partial charge on any atom is 0.414 e. The van der Waals surface area contributed by atoms with E-state index in [-0.39, 0.29) is 11.6 Å². The van der Waals surface area contributed by atoms with Crippen LogP contribution in [0.25, 0.3) is 11.3 Å². The summed E-state index contributed by atoms with van der Waals surface area (Å²) in [5.41, 5.74) is 1.70. The van der Waals surface area contributed by atoms with E-state index in [4.69, 9.17) is 9.26 Å². The number of rotatable bonds is 5. The van der Waals surface area contributed by atoms with E-state index in [0.29, 0.717) is 24.3 Å². The van der Waals surface area contributed by atoms with Crippen LogP contribution in [0.1, 0.15) is 5.56 Å². The maximum atomic E-state index is 11.7. The lowest BCUT2D eigenvalue weighted by Crippen LogP contribution is -2.28. The highest BCUT2D eigenvalue weighted by Gasteiger charge is 2.11. The molecule has 0 saturated heterocycles. The normalized spacial score (nSPS) is 10.3. The summed E-state index contributed by atoms with van der Waals surface area (Å²) in [6.07, 6.45) is 3.46. The number of carbonyl (C=O) groups excluding carboxylic acids is 1. The number of nitrogens with one attached hydrogen (secondary N) is 1. The number of hydrogen-bond donors (Lipinski definition) is 2. The molecule has 0 radical (unpaired) electrons. The molecular weight excluding hydrogens is 310 g/mol. The number of benzene rings is 1. The molecule has 1 amide bonds. The molecule has 2 heterocycles. The van der Waals surface area contributed by atoms with Gasteiger partial charge in [-0.3, -0.25) is 4.98 Å². The fourth-order valence-electron chi connectivity index (χ4n) is 2.09. The van der Waals surface area contributed by atoms with Gasteiger partial charge in [-0.15, -0.1) is 0 Å². The van der Waals surface area contributed by atoms with Crippen LogP contribution in [0.15, 0.2) is 59.4 Å². The Bertz CT molecular complexity index is 817. The molecule has 0 spiro atoms. The largest absolute Gasteiger partial charge is 0.508 e. The summed E-state index contributed by atoms with van der Waals surface area (Å²) in [4.78, 5) is 15.7. The summed E-state index contributed by atoms with van der Waals surface area (Å²) in [5.74, 6) is 0.556. The van der Waals surface area contributed by atoms with E-state index in [2.05, 4.69) is 15.5 Å². The van der Waals surface area contributed by atoms with Crippen LogP contribution in [0, 0.1) is 0 Å². The molecule has 0 atom stereocenters. The first kappa shape index (κ1) is 15.5. The van der Waals surface area contributed by atoms with E-state index in [1.165, 1.54) is 12.1 Å². The number of hydrogen-bond acceptors (Lipinski definition) is 6. The minimum absolute atomic E-state index is 0.0507. The van der Waals surface area contributed by atoms with Gasteiger partial charge in [0.15, 0.2) is 5.76 Å². The molecule has 2 aromatic heterocycles. The number of pyridine rings is 1. The number of amides is 1. The molecule has 0 aliphatic carbocycles. The first-order valence-corrected chi connectivity index (χ1v) is 7.31. The molecule has 2 N–H and O–H groups in total. The maximum absolute atomic E-state index is 11.7. The first-order valence-electron chi connectivity index (χ1n) is 7.31. The van der Waals surface area contributed by atoms with Gasteiger partial charge in [0, 0.05) is 24.5 Å². The van der Waals surface area contributed by atoms with Gasteiger partial charge in [0.25, 0.3) is 5.88 Å². The van der Waals surface area contributed by atoms with Crippen LogP contribution in [0.2, 0.25) is 0 Å². The third kappa shape index (κ3) is 4.10. The molecule has 0 aliphatic heterocycles. The van der Waals surface area contributed by atoms with Gasteiger partial charge in [-0.2, -0.15) is 0 Å². The second-order valence-electron chi connectivity index (χ2n) is 5.00. The van der Waals surface area contributed by atoms with Crippen LogP contribution in [0.4, 0.5) is 4.79 Å². The topological polar surface area (TPSA) is 97.5 Å². The van der Waals surface area contributed by atoms with Crippen molar-refractivity contribution >= 4 is 6.09 Å². The van der Waals surface area contributed by atoms with Gasteiger partial charge in [-0.1, -0.05) is 12.1 Å². The van der Waals surface area contributed by atoms with Crippen molar-refractivity contribution in [3.63, 3.8) is 0 Å². The van der Waals surface area contributed by atoms with Crippen molar-refractivity contribution in [2.45, 2.75) is 6.42 Å². The Kier molecular flexibility index (Phi) is 4.71. The lowest BCUT2D eigenvalue weighted by molar-refractivity contribution is 0.196. The Morgan fingerprint density at radius 3 is 2.83 bits per heavy atom. The highest BCUT2D eigenvalue weighted by atomic mass is 16.6. The molecule has 24 heavy (non-hydrogen) atoms. The Labute approximate surface area is 137 Å². The Hall–Kier alpha value is -3.35. The SMILES string of the molecule is O=C(NCCc1ccncc1)Oc1cc(-c2cccc(O)c2)on1. The predicted molar refractivity (Wildman–Crippen MR) is 85.6 cm³/mol. The second kappa shape index (κ2) is 7.28. The summed E-state index contributed by atoms with van der Waals surface area (Å²) >= 11 is 0. The quantitative estimate of drug-likeness (QED) is 0.748. The smallest absolute Gasteiger partial charge is 0.414 e. The Balaban J connectivity index is 1.52. The minimum atomic E-state index is -0.611. The molecule has 0 fully saturated rings. The summed E-state index contributed by atoms with van der Waals surface area (Å²) in [6.45, 7) is 0.431. The lowest BCUT2D eigenvalue weighted by Gasteiger charge is -2.03. The highest BCUT2D eigenvalue weighted by Crippen LogP contribution is 2.26. The summed E-state index contributed by atoms with van der Waals surface area (Å²) in [5, 5.41) is 15.8. The monoisotopic (exact) mass is 325 g/mol. The second-order valence-corrected chi connectivity index (χ2v) is 5.00. The fraction of sp³-hybridized carbons (Fsp3) is 0.118. The van der Waals surface area contributed by atoms with Gasteiger partial charge in [-0.25, -0.2) is 4.79 Å². The Morgan fingerprint density at radius 2 is 2.04 bits per heavy atom. The Morgan fingerprint density at radius 1 is 1.21 bits per heavy atom. The summed E-state index contributed by atoms with van der Waals surface area (Å²) < 4.78 is 10.2. The van der Waals surface area contributed by atoms with Crippen LogP contribution < -0.4 is 10.1 Å². The average Bonchev–Trinajstić information content (AvgIpc) is 3.04. The molecule has 3 aromatic rings. The highest BCUT2D eigenvalue weighted by molar-refractivity contribution is 5.70. The third-order valence-electron chi connectivity index (χ3n) is 3.25. The summed E-state index contributed by atoms with van der Waals surface area (Å²) in [6, 6.07) is 11.8. The molecule has 0 unspecified atom stereocenters. The van der Waals surface area contributed by atoms with Crippen LogP contribution in [0.5, 0.6) is 11.6 Å². The number of aromatic hydroxyl groups is 1. The number of phenolic OH excluding ortho intramolecular Hbond substituents is 1. The van der Waals surface area contributed by atoms with Crippen molar-refractivity contribution in [3.05, 3.63) is 60.4 Å². The molecule has 3 rings (SSSR count). The predicted octanol–water partition coefficient (Wildman–Crippen LogP) is 2.77. The molecule has 0 bridgehead atoms. The van der Waals surface area contributed by atoms with E-state index < -0.39 is 6.09 Å². The first-order chi connectivity index (χ1) is 11.7. The van der Waals surface area contributed by atoms with E-state index >= 15 is 0 Å². The molecule has 0 saturated carbocycles. The molecule has 0 aliphatic rings. The van der Waals surface area contributed by atoms with Crippen molar-refractivity contribution in [1.29, 1.82) is 0 Å².